The van der Waals surface area contributed by atoms with Crippen molar-refractivity contribution in [3.05, 3.63) is 34.6 Å². The maximum Gasteiger partial charge on any atom is 0.328 e. The second-order valence-corrected chi connectivity index (χ2v) is 8.96. The highest BCUT2D eigenvalue weighted by Crippen LogP contribution is 2.26. The molecule has 1 aromatic carbocycles. The van der Waals surface area contributed by atoms with E-state index in [0.717, 1.165) is 0 Å². The average molecular weight is 343 g/mol. The average Bonchev–Trinajstić information content (AvgIpc) is 2.26. The van der Waals surface area contributed by atoms with E-state index in [1.807, 2.05) is 0 Å². The fourth-order valence-electron chi connectivity index (χ4n) is 1.49. The Morgan fingerprint density at radius 3 is 2.50 bits per heavy atom. The first-order valence-corrected chi connectivity index (χ1v) is 9.66. The second-order valence-electron chi connectivity index (χ2n) is 4.27. The Bertz CT molecular complexity index is 692. The summed E-state index contributed by atoms with van der Waals surface area (Å²) in [6, 6.07) is 3.13. The molecule has 0 aliphatic heterocycles. The smallest absolute Gasteiger partial charge is 0.249 e. The summed E-state index contributed by atoms with van der Waals surface area (Å²) in [5.74, 6) is -0.525. The van der Waals surface area contributed by atoms with Crippen LogP contribution in [0.15, 0.2) is 22.0 Å². The zero-order chi connectivity index (χ0) is 15.6. The van der Waals surface area contributed by atoms with E-state index < -0.39 is 31.8 Å². The van der Waals surface area contributed by atoms with Gasteiger partial charge in [-0.05, 0) is 19.1 Å². The van der Waals surface area contributed by atoms with Crippen molar-refractivity contribution in [1.82, 2.24) is 4.72 Å². The van der Waals surface area contributed by atoms with Crippen molar-refractivity contribution in [2.24, 2.45) is 3.77 Å². The van der Waals surface area contributed by atoms with Gasteiger partial charge in [0.15, 0.2) is 0 Å². The largest absolute Gasteiger partial charge is 0.328 e. The number of nitrogens with zero attached hydrogens (tertiary/aromatic N) is 1. The Balaban J connectivity index is 3.11. The standard InChI is InChI=1S/C11H16ClFN2O3S2/c1-4-19(3,16)15-20(17,18)14-8(2)11-9(12)6-5-7-10(11)13/h5-8,14H,4H2,1-3H3/t8-,19+/m1/s1. The van der Waals surface area contributed by atoms with Crippen LogP contribution >= 0.6 is 11.6 Å². The molecule has 1 rings (SSSR count). The molecule has 0 saturated carbocycles. The van der Waals surface area contributed by atoms with Crippen molar-refractivity contribution in [1.29, 1.82) is 0 Å². The van der Waals surface area contributed by atoms with Crippen LogP contribution in [0.5, 0.6) is 0 Å². The maximum atomic E-state index is 13.7. The minimum Gasteiger partial charge on any atom is -0.249 e. The fourth-order valence-corrected chi connectivity index (χ4v) is 4.63. The molecule has 0 aromatic heterocycles. The van der Waals surface area contributed by atoms with Gasteiger partial charge in [-0.2, -0.15) is 13.1 Å². The third-order valence-corrected chi connectivity index (χ3v) is 6.65. The van der Waals surface area contributed by atoms with Crippen molar-refractivity contribution < 1.29 is 17.0 Å². The van der Waals surface area contributed by atoms with Crippen molar-refractivity contribution in [3.63, 3.8) is 0 Å². The number of benzene rings is 1. The minimum atomic E-state index is -4.16. The monoisotopic (exact) mass is 342 g/mol. The number of hydrogen-bond donors (Lipinski definition) is 1. The molecule has 0 heterocycles. The zero-order valence-corrected chi connectivity index (χ0v) is 13.6. The summed E-state index contributed by atoms with van der Waals surface area (Å²) in [6.45, 7) is 3.00. The molecule has 0 unspecified atom stereocenters. The second kappa shape index (κ2) is 6.38. The van der Waals surface area contributed by atoms with E-state index >= 15 is 0 Å². The van der Waals surface area contributed by atoms with E-state index in [1.165, 1.54) is 31.4 Å². The Hall–Kier alpha value is -0.700. The summed E-state index contributed by atoms with van der Waals surface area (Å²) >= 11 is 5.85. The summed E-state index contributed by atoms with van der Waals surface area (Å²) < 4.78 is 54.4. The van der Waals surface area contributed by atoms with Crippen LogP contribution in [0.2, 0.25) is 5.02 Å². The number of halogens is 2. The van der Waals surface area contributed by atoms with Gasteiger partial charge in [0, 0.05) is 28.6 Å². The molecule has 0 aliphatic carbocycles. The highest BCUT2D eigenvalue weighted by molar-refractivity contribution is 8.02. The van der Waals surface area contributed by atoms with Gasteiger partial charge < -0.3 is 0 Å². The third-order valence-electron chi connectivity index (χ3n) is 2.55. The van der Waals surface area contributed by atoms with Gasteiger partial charge in [0.2, 0.25) is 0 Å². The molecule has 20 heavy (non-hydrogen) atoms. The quantitative estimate of drug-likeness (QED) is 0.893. The molecule has 0 radical (unpaired) electrons. The molecule has 0 spiro atoms. The fraction of sp³-hybridized carbons (Fsp3) is 0.455. The molecule has 9 heteroatoms. The summed E-state index contributed by atoms with van der Waals surface area (Å²) in [5, 5.41) is 0.105. The topological polar surface area (TPSA) is 75.6 Å². The number of nitrogens with one attached hydrogen (secondary N) is 1. The summed E-state index contributed by atoms with van der Waals surface area (Å²) in [4.78, 5) is 0. The third kappa shape index (κ3) is 4.69. The predicted molar refractivity (Wildman–Crippen MR) is 78.9 cm³/mol. The molecular formula is C11H16ClFN2O3S2. The molecule has 114 valence electrons. The van der Waals surface area contributed by atoms with Gasteiger partial charge in [0.05, 0.1) is 9.73 Å². The molecule has 0 saturated heterocycles. The van der Waals surface area contributed by atoms with E-state index in [2.05, 4.69) is 8.49 Å². The van der Waals surface area contributed by atoms with Gasteiger partial charge in [0.1, 0.15) is 5.82 Å². The van der Waals surface area contributed by atoms with Crippen LogP contribution in [0, 0.1) is 5.82 Å². The van der Waals surface area contributed by atoms with Gasteiger partial charge in [0.25, 0.3) is 0 Å². The first kappa shape index (κ1) is 17.4. The zero-order valence-electron chi connectivity index (χ0n) is 11.3. The van der Waals surface area contributed by atoms with E-state index in [0.29, 0.717) is 0 Å². The highest BCUT2D eigenvalue weighted by atomic mass is 35.5. The molecule has 1 N–H and O–H groups in total. The Morgan fingerprint density at radius 2 is 2.00 bits per heavy atom. The van der Waals surface area contributed by atoms with E-state index in [1.54, 1.807) is 6.92 Å². The van der Waals surface area contributed by atoms with Crippen LogP contribution in [0.3, 0.4) is 0 Å². The molecule has 0 amide bonds. The van der Waals surface area contributed by atoms with Crippen LogP contribution in [-0.4, -0.2) is 24.6 Å². The van der Waals surface area contributed by atoms with Crippen molar-refractivity contribution in [3.8, 4) is 0 Å². The Kier molecular flexibility index (Phi) is 5.54. The van der Waals surface area contributed by atoms with Crippen LogP contribution in [0.4, 0.5) is 4.39 Å². The minimum absolute atomic E-state index is 0.0204. The normalized spacial score (nSPS) is 16.4. The number of rotatable bonds is 5. The van der Waals surface area contributed by atoms with Crippen molar-refractivity contribution >= 4 is 31.5 Å². The lowest BCUT2D eigenvalue weighted by Crippen LogP contribution is -2.27. The van der Waals surface area contributed by atoms with Gasteiger partial charge in [-0.3, -0.25) is 0 Å². The summed E-state index contributed by atoms with van der Waals surface area (Å²) in [6.07, 6.45) is 1.24. The van der Waals surface area contributed by atoms with Gasteiger partial charge in [-0.1, -0.05) is 28.4 Å². The van der Waals surface area contributed by atoms with Crippen LogP contribution in [-0.2, 0) is 19.9 Å². The first-order chi connectivity index (χ1) is 9.08. The number of hydrogen-bond acceptors (Lipinski definition) is 3. The SMILES string of the molecule is CC[S@](C)(=O)=NS(=O)(=O)N[C@H](C)c1c(F)cccc1Cl. The van der Waals surface area contributed by atoms with E-state index in [-0.39, 0.29) is 16.3 Å². The van der Waals surface area contributed by atoms with E-state index in [4.69, 9.17) is 11.6 Å². The summed E-state index contributed by atoms with van der Waals surface area (Å²) in [5.41, 5.74) is 0.0204. The Morgan fingerprint density at radius 1 is 1.40 bits per heavy atom. The lowest BCUT2D eigenvalue weighted by molar-refractivity contribution is 0.551. The van der Waals surface area contributed by atoms with Gasteiger partial charge >= 0.3 is 10.2 Å². The molecular weight excluding hydrogens is 327 g/mol. The lowest BCUT2D eigenvalue weighted by atomic mass is 10.1. The lowest BCUT2D eigenvalue weighted by Gasteiger charge is -2.15. The Labute approximate surface area is 123 Å². The van der Waals surface area contributed by atoms with Crippen molar-refractivity contribution in [2.45, 2.75) is 19.9 Å². The van der Waals surface area contributed by atoms with Crippen molar-refractivity contribution in [2.75, 3.05) is 12.0 Å². The van der Waals surface area contributed by atoms with Gasteiger partial charge in [-0.25, -0.2) is 8.60 Å². The maximum absolute atomic E-state index is 13.7. The van der Waals surface area contributed by atoms with Crippen LogP contribution in [0.25, 0.3) is 0 Å². The molecule has 0 fully saturated rings. The molecule has 0 bridgehead atoms. The predicted octanol–water partition coefficient (Wildman–Crippen LogP) is 2.49. The van der Waals surface area contributed by atoms with E-state index in [9.17, 15) is 17.0 Å². The first-order valence-electron chi connectivity index (χ1n) is 5.75. The van der Waals surface area contributed by atoms with Crippen LogP contribution in [0.1, 0.15) is 25.5 Å². The molecule has 5 nitrogen and oxygen atoms in total. The highest BCUT2D eigenvalue weighted by Gasteiger charge is 2.21. The molecule has 1 aromatic rings. The molecule has 2 atom stereocenters. The van der Waals surface area contributed by atoms with Crippen LogP contribution < -0.4 is 4.72 Å². The van der Waals surface area contributed by atoms with Gasteiger partial charge in [-0.15, -0.1) is 0 Å². The molecule has 0 aliphatic rings. The summed E-state index contributed by atoms with van der Waals surface area (Å²) in [7, 11) is -6.99.